The average Bonchev–Trinajstić information content (AvgIpc) is 2.46. The Morgan fingerprint density at radius 2 is 0.917 bits per heavy atom. The molecule has 0 fully saturated rings. The van der Waals surface area contributed by atoms with Crippen molar-refractivity contribution in [1.29, 1.82) is 0 Å². The Morgan fingerprint density at radius 1 is 0.667 bits per heavy atom. The van der Waals surface area contributed by atoms with Gasteiger partial charge in [0.05, 0.1) is 0 Å². The molecule has 0 spiro atoms. The number of nitrogens with one attached hydrogen (secondary N) is 2. The topological polar surface area (TPSA) is 58.2 Å². The molecule has 0 heterocycles. The summed E-state index contributed by atoms with van der Waals surface area (Å²) in [5, 5.41) is 4.97. The maximum atomic E-state index is 13.3. The highest BCUT2D eigenvalue weighted by atomic mass is 19.1. The van der Waals surface area contributed by atoms with Crippen LogP contribution >= 0.6 is 0 Å². The van der Waals surface area contributed by atoms with E-state index in [-0.39, 0.29) is 0 Å². The van der Waals surface area contributed by atoms with Crippen LogP contribution in [0.5, 0.6) is 0 Å². The van der Waals surface area contributed by atoms with Crippen LogP contribution in [0.25, 0.3) is 0 Å². The first-order valence-corrected chi connectivity index (χ1v) is 7.35. The molecule has 2 aromatic carbocycles. The molecule has 0 aliphatic carbocycles. The highest BCUT2D eigenvalue weighted by Crippen LogP contribution is 2.23. The van der Waals surface area contributed by atoms with Crippen molar-refractivity contribution in [1.82, 2.24) is 0 Å². The molecule has 126 valence electrons. The molecule has 0 radical (unpaired) electrons. The maximum absolute atomic E-state index is 13.3. The van der Waals surface area contributed by atoms with Gasteiger partial charge < -0.3 is 10.6 Å². The van der Waals surface area contributed by atoms with Crippen LogP contribution in [0, 0.1) is 39.3 Å². The van der Waals surface area contributed by atoms with Gasteiger partial charge in [0.2, 0.25) is 0 Å². The number of aryl methyl sites for hydroxylation is 4. The predicted octanol–water partition coefficient (Wildman–Crippen LogP) is 3.78. The van der Waals surface area contributed by atoms with Gasteiger partial charge in [-0.3, -0.25) is 9.59 Å². The standard InChI is InChI=1S/C18H18F2N2O2/c1-9-5-13(19)6-10(2)15(9)21-17(23)18(24)22-16-11(3)7-14(20)8-12(16)4/h5-8H,1-4H3,(H,21,23)(H,22,24). The van der Waals surface area contributed by atoms with Gasteiger partial charge in [-0.15, -0.1) is 0 Å². The fraction of sp³-hybridized carbons (Fsp3) is 0.222. The first kappa shape index (κ1) is 17.6. The minimum absolute atomic E-state index is 0.393. The molecule has 0 saturated carbocycles. The van der Waals surface area contributed by atoms with Gasteiger partial charge in [-0.25, -0.2) is 8.78 Å². The van der Waals surface area contributed by atoms with Gasteiger partial charge in [-0.1, -0.05) is 0 Å². The largest absolute Gasteiger partial charge is 0.317 e. The number of carbonyl (C=O) groups excluding carboxylic acids is 2. The van der Waals surface area contributed by atoms with E-state index in [1.54, 1.807) is 27.7 Å². The third-order valence-corrected chi connectivity index (χ3v) is 3.68. The quantitative estimate of drug-likeness (QED) is 0.822. The van der Waals surface area contributed by atoms with E-state index >= 15 is 0 Å². The SMILES string of the molecule is Cc1cc(F)cc(C)c1NC(=O)C(=O)Nc1c(C)cc(F)cc1C. The highest BCUT2D eigenvalue weighted by molar-refractivity contribution is 6.44. The smallest absolute Gasteiger partial charge is 0.314 e. The zero-order valence-corrected chi connectivity index (χ0v) is 13.9. The second-order valence-corrected chi connectivity index (χ2v) is 5.74. The first-order valence-electron chi connectivity index (χ1n) is 7.35. The summed E-state index contributed by atoms with van der Waals surface area (Å²) in [5.41, 5.74) is 2.85. The Hall–Kier alpha value is -2.76. The summed E-state index contributed by atoms with van der Waals surface area (Å²) in [4.78, 5) is 24.2. The molecule has 4 nitrogen and oxygen atoms in total. The van der Waals surface area contributed by atoms with Crippen LogP contribution in [0.3, 0.4) is 0 Å². The summed E-state index contributed by atoms with van der Waals surface area (Å²) in [5.74, 6) is -2.58. The summed E-state index contributed by atoms with van der Waals surface area (Å²) in [7, 11) is 0. The molecule has 0 unspecified atom stereocenters. The summed E-state index contributed by atoms with van der Waals surface area (Å²) < 4.78 is 26.6. The number of halogens is 2. The number of benzene rings is 2. The third kappa shape index (κ3) is 3.76. The number of amides is 2. The maximum Gasteiger partial charge on any atom is 0.314 e. The fourth-order valence-corrected chi connectivity index (χ4v) is 2.56. The van der Waals surface area contributed by atoms with Crippen molar-refractivity contribution < 1.29 is 18.4 Å². The van der Waals surface area contributed by atoms with Crippen molar-refractivity contribution >= 4 is 23.2 Å². The summed E-state index contributed by atoms with van der Waals surface area (Å²) in [6.45, 7) is 6.55. The Balaban J connectivity index is 2.19. The van der Waals surface area contributed by atoms with Crippen LogP contribution in [-0.4, -0.2) is 11.8 Å². The van der Waals surface area contributed by atoms with Gasteiger partial charge in [0, 0.05) is 11.4 Å². The van der Waals surface area contributed by atoms with Crippen molar-refractivity contribution in [2.24, 2.45) is 0 Å². The van der Waals surface area contributed by atoms with Crippen LogP contribution in [-0.2, 0) is 9.59 Å². The Labute approximate surface area is 138 Å². The lowest BCUT2D eigenvalue weighted by molar-refractivity contribution is -0.133. The highest BCUT2D eigenvalue weighted by Gasteiger charge is 2.18. The Bertz CT molecular complexity index is 716. The molecule has 0 aliphatic heterocycles. The molecule has 0 bridgehead atoms. The molecule has 2 amide bonds. The van der Waals surface area contributed by atoms with Crippen molar-refractivity contribution in [3.05, 3.63) is 58.2 Å². The molecule has 6 heteroatoms. The number of hydrogen-bond acceptors (Lipinski definition) is 2. The van der Waals surface area contributed by atoms with Gasteiger partial charge in [0.1, 0.15) is 11.6 Å². The molecule has 0 saturated heterocycles. The second-order valence-electron chi connectivity index (χ2n) is 5.74. The lowest BCUT2D eigenvalue weighted by Crippen LogP contribution is -2.30. The van der Waals surface area contributed by atoms with E-state index in [1.807, 2.05) is 0 Å². The molecule has 2 N–H and O–H groups in total. The second kappa shape index (κ2) is 6.78. The van der Waals surface area contributed by atoms with Crippen molar-refractivity contribution in [2.45, 2.75) is 27.7 Å². The van der Waals surface area contributed by atoms with Gasteiger partial charge in [-0.2, -0.15) is 0 Å². The lowest BCUT2D eigenvalue weighted by Gasteiger charge is -2.14. The first-order chi connectivity index (χ1) is 11.2. The van der Waals surface area contributed by atoms with E-state index in [2.05, 4.69) is 10.6 Å². The van der Waals surface area contributed by atoms with E-state index in [4.69, 9.17) is 0 Å². The van der Waals surface area contributed by atoms with Crippen molar-refractivity contribution in [2.75, 3.05) is 10.6 Å². The molecule has 0 aromatic heterocycles. The van der Waals surface area contributed by atoms with Gasteiger partial charge in [0.25, 0.3) is 0 Å². The third-order valence-electron chi connectivity index (χ3n) is 3.68. The van der Waals surface area contributed by atoms with Crippen LogP contribution in [0.4, 0.5) is 20.2 Å². The zero-order valence-electron chi connectivity index (χ0n) is 13.9. The number of anilines is 2. The zero-order chi connectivity index (χ0) is 18.0. The van der Waals surface area contributed by atoms with E-state index in [0.29, 0.717) is 33.6 Å². The van der Waals surface area contributed by atoms with Crippen LogP contribution < -0.4 is 10.6 Å². The fourth-order valence-electron chi connectivity index (χ4n) is 2.56. The summed E-state index contributed by atoms with van der Waals surface area (Å²) >= 11 is 0. The van der Waals surface area contributed by atoms with E-state index in [9.17, 15) is 18.4 Å². The van der Waals surface area contributed by atoms with E-state index in [1.165, 1.54) is 24.3 Å². The van der Waals surface area contributed by atoms with Crippen LogP contribution in [0.2, 0.25) is 0 Å². The molecular weight excluding hydrogens is 314 g/mol. The Kier molecular flexibility index (Phi) is 4.97. The van der Waals surface area contributed by atoms with Crippen LogP contribution in [0.15, 0.2) is 24.3 Å². The van der Waals surface area contributed by atoms with Gasteiger partial charge in [-0.05, 0) is 74.2 Å². The average molecular weight is 332 g/mol. The summed E-state index contributed by atoms with van der Waals surface area (Å²) in [6.07, 6.45) is 0. The van der Waals surface area contributed by atoms with Crippen molar-refractivity contribution in [3.8, 4) is 0 Å². The minimum atomic E-state index is -0.879. The van der Waals surface area contributed by atoms with Gasteiger partial charge >= 0.3 is 11.8 Å². The number of rotatable bonds is 2. The molecule has 24 heavy (non-hydrogen) atoms. The van der Waals surface area contributed by atoms with E-state index in [0.717, 1.165) is 0 Å². The molecule has 0 atom stereocenters. The molecule has 2 aromatic rings. The summed E-state index contributed by atoms with van der Waals surface area (Å²) in [6, 6.07) is 5.09. The molecule has 0 aliphatic rings. The minimum Gasteiger partial charge on any atom is -0.317 e. The number of carbonyl (C=O) groups is 2. The van der Waals surface area contributed by atoms with Gasteiger partial charge in [0.15, 0.2) is 0 Å². The molecular formula is C18H18F2N2O2. The van der Waals surface area contributed by atoms with Crippen LogP contribution in [0.1, 0.15) is 22.3 Å². The Morgan fingerprint density at radius 3 is 1.17 bits per heavy atom. The van der Waals surface area contributed by atoms with Crippen molar-refractivity contribution in [3.63, 3.8) is 0 Å². The normalized spacial score (nSPS) is 10.4. The predicted molar refractivity (Wildman–Crippen MR) is 89.0 cm³/mol. The van der Waals surface area contributed by atoms with E-state index < -0.39 is 23.4 Å². The molecule has 2 rings (SSSR count). The number of hydrogen-bond donors (Lipinski definition) is 2. The monoisotopic (exact) mass is 332 g/mol. The lowest BCUT2D eigenvalue weighted by atomic mass is 10.1.